The minimum atomic E-state index is 0.0286. The molecule has 0 unspecified atom stereocenters. The van der Waals surface area contributed by atoms with E-state index in [9.17, 15) is 4.79 Å². The van der Waals surface area contributed by atoms with Crippen LogP contribution in [0, 0.1) is 0 Å². The molecular weight excluding hydrogens is 344 g/mol. The number of ether oxygens (including phenoxy) is 1. The van der Waals surface area contributed by atoms with Gasteiger partial charge < -0.3 is 19.1 Å². The van der Waals surface area contributed by atoms with Crippen LogP contribution in [0.3, 0.4) is 0 Å². The van der Waals surface area contributed by atoms with Gasteiger partial charge in [-0.2, -0.15) is 4.98 Å². The van der Waals surface area contributed by atoms with Gasteiger partial charge in [0.2, 0.25) is 11.8 Å². The molecule has 1 aliphatic heterocycles. The minimum absolute atomic E-state index is 0.0286. The van der Waals surface area contributed by atoms with Crippen molar-refractivity contribution in [1.29, 1.82) is 0 Å². The van der Waals surface area contributed by atoms with Crippen LogP contribution in [0.25, 0.3) is 5.57 Å². The largest absolute Gasteiger partial charge is 0.497 e. The summed E-state index contributed by atoms with van der Waals surface area (Å²) in [6.45, 7) is 4.44. The molecule has 144 valence electrons. The number of likely N-dealkylation sites (N-methyl/N-ethyl adjacent to an activating group) is 1. The third kappa shape index (κ3) is 4.74. The lowest BCUT2D eigenvalue weighted by atomic mass is 10.1. The van der Waals surface area contributed by atoms with Crippen LogP contribution in [0.1, 0.15) is 31.5 Å². The number of aryl methyl sites for hydroxylation is 1. The smallest absolute Gasteiger partial charge is 0.227 e. The number of rotatable bonds is 7. The van der Waals surface area contributed by atoms with Crippen molar-refractivity contribution in [2.24, 2.45) is 0 Å². The maximum Gasteiger partial charge on any atom is 0.227 e. The maximum absolute atomic E-state index is 12.6. The third-order valence-electron chi connectivity index (χ3n) is 4.72. The molecular formula is C20H26N4O3. The molecule has 3 rings (SSSR count). The molecule has 1 aliphatic rings. The number of aromatic nitrogens is 2. The van der Waals surface area contributed by atoms with Crippen LogP contribution in [0.2, 0.25) is 0 Å². The molecule has 1 amide bonds. The number of anilines is 1. The summed E-state index contributed by atoms with van der Waals surface area (Å²) in [7, 11) is 3.71. The van der Waals surface area contributed by atoms with Crippen LogP contribution in [0.5, 0.6) is 5.75 Å². The van der Waals surface area contributed by atoms with Gasteiger partial charge in [0.05, 0.1) is 7.11 Å². The van der Waals surface area contributed by atoms with E-state index in [-0.39, 0.29) is 5.91 Å². The summed E-state index contributed by atoms with van der Waals surface area (Å²) >= 11 is 0. The van der Waals surface area contributed by atoms with E-state index < -0.39 is 0 Å². The Hall–Kier alpha value is -2.67. The second-order valence-electron chi connectivity index (χ2n) is 6.59. The molecule has 0 saturated carbocycles. The van der Waals surface area contributed by atoms with Crippen LogP contribution in [0.15, 0.2) is 34.9 Å². The molecule has 0 atom stereocenters. The Labute approximate surface area is 159 Å². The molecule has 1 aromatic heterocycles. The van der Waals surface area contributed by atoms with Crippen LogP contribution in [-0.4, -0.2) is 54.7 Å². The molecule has 27 heavy (non-hydrogen) atoms. The summed E-state index contributed by atoms with van der Waals surface area (Å²) in [5.41, 5.74) is 1.97. The van der Waals surface area contributed by atoms with E-state index in [2.05, 4.69) is 28.2 Å². The lowest BCUT2D eigenvalue weighted by Crippen LogP contribution is -2.30. The lowest BCUT2D eigenvalue weighted by molar-refractivity contribution is -0.118. The summed E-state index contributed by atoms with van der Waals surface area (Å²) in [5.74, 6) is 1.95. The molecule has 0 radical (unpaired) electrons. The fraction of sp³-hybridized carbons (Fsp3) is 0.450. The van der Waals surface area contributed by atoms with Gasteiger partial charge in [-0.3, -0.25) is 4.79 Å². The van der Waals surface area contributed by atoms with Crippen LogP contribution >= 0.6 is 0 Å². The molecule has 7 nitrogen and oxygen atoms in total. The standard InChI is InChI=1S/C20H26N4O3/c1-4-24(16-5-7-17(26-3)8-6-16)19(25)10-9-18-21-20(22-27-18)15-11-13-23(2)14-12-15/h5-8,11H,4,9-10,12-14H2,1-3H3. The van der Waals surface area contributed by atoms with Gasteiger partial charge in [-0.05, 0) is 50.2 Å². The number of hydrogen-bond donors (Lipinski definition) is 0. The maximum atomic E-state index is 12.6. The van der Waals surface area contributed by atoms with E-state index in [1.54, 1.807) is 12.0 Å². The molecule has 0 N–H and O–H groups in total. The Kier molecular flexibility index (Phi) is 6.24. The molecule has 1 aromatic carbocycles. The Bertz CT molecular complexity index is 798. The highest BCUT2D eigenvalue weighted by Crippen LogP contribution is 2.21. The molecule has 2 heterocycles. The Balaban J connectivity index is 1.59. The molecule has 2 aromatic rings. The first-order valence-electron chi connectivity index (χ1n) is 9.25. The van der Waals surface area contributed by atoms with Crippen molar-refractivity contribution < 1.29 is 14.1 Å². The SMILES string of the molecule is CCN(C(=O)CCc1nc(C2=CCN(C)CC2)no1)c1ccc(OC)cc1. The lowest BCUT2D eigenvalue weighted by Gasteiger charge is -2.21. The monoisotopic (exact) mass is 370 g/mol. The van der Waals surface area contributed by atoms with Gasteiger partial charge in [0, 0.05) is 38.2 Å². The van der Waals surface area contributed by atoms with Crippen molar-refractivity contribution in [3.63, 3.8) is 0 Å². The van der Waals surface area contributed by atoms with Crippen LogP contribution < -0.4 is 9.64 Å². The Morgan fingerprint density at radius 3 is 2.74 bits per heavy atom. The summed E-state index contributed by atoms with van der Waals surface area (Å²) in [4.78, 5) is 21.1. The predicted molar refractivity (Wildman–Crippen MR) is 104 cm³/mol. The van der Waals surface area contributed by atoms with E-state index >= 15 is 0 Å². The molecule has 0 saturated heterocycles. The van der Waals surface area contributed by atoms with E-state index in [0.29, 0.717) is 31.1 Å². The Morgan fingerprint density at radius 1 is 1.33 bits per heavy atom. The first kappa shape index (κ1) is 19.1. The molecule has 0 bridgehead atoms. The second kappa shape index (κ2) is 8.81. The number of benzene rings is 1. The van der Waals surface area contributed by atoms with Crippen molar-refractivity contribution in [2.45, 2.75) is 26.2 Å². The van der Waals surface area contributed by atoms with Gasteiger partial charge in [0.25, 0.3) is 0 Å². The zero-order valence-electron chi connectivity index (χ0n) is 16.1. The van der Waals surface area contributed by atoms with E-state index in [4.69, 9.17) is 9.26 Å². The fourth-order valence-electron chi connectivity index (χ4n) is 3.07. The van der Waals surface area contributed by atoms with E-state index in [1.807, 2.05) is 31.2 Å². The van der Waals surface area contributed by atoms with Gasteiger partial charge >= 0.3 is 0 Å². The van der Waals surface area contributed by atoms with Crippen molar-refractivity contribution >= 4 is 17.2 Å². The van der Waals surface area contributed by atoms with Crippen molar-refractivity contribution in [1.82, 2.24) is 15.0 Å². The number of carbonyl (C=O) groups excluding carboxylic acids is 1. The van der Waals surface area contributed by atoms with E-state index in [0.717, 1.165) is 36.5 Å². The van der Waals surface area contributed by atoms with Crippen molar-refractivity contribution in [3.8, 4) is 5.75 Å². The molecule has 0 fully saturated rings. The third-order valence-corrected chi connectivity index (χ3v) is 4.72. The number of carbonyl (C=O) groups is 1. The number of amides is 1. The minimum Gasteiger partial charge on any atom is -0.497 e. The van der Waals surface area contributed by atoms with Crippen molar-refractivity contribution in [3.05, 3.63) is 42.1 Å². The topological polar surface area (TPSA) is 71.7 Å². The number of nitrogens with zero attached hydrogens (tertiary/aromatic N) is 4. The second-order valence-corrected chi connectivity index (χ2v) is 6.59. The quantitative estimate of drug-likeness (QED) is 0.746. The average Bonchev–Trinajstić information content (AvgIpc) is 3.17. The first-order valence-corrected chi connectivity index (χ1v) is 9.25. The highest BCUT2D eigenvalue weighted by molar-refractivity contribution is 5.93. The zero-order valence-corrected chi connectivity index (χ0v) is 16.1. The zero-order chi connectivity index (χ0) is 19.2. The van der Waals surface area contributed by atoms with E-state index in [1.165, 1.54) is 0 Å². The molecule has 0 aliphatic carbocycles. The molecule has 0 spiro atoms. The van der Waals surface area contributed by atoms with Crippen LogP contribution in [-0.2, 0) is 11.2 Å². The van der Waals surface area contributed by atoms with Gasteiger partial charge in [-0.25, -0.2) is 0 Å². The normalized spacial score (nSPS) is 14.7. The first-order chi connectivity index (χ1) is 13.1. The number of methoxy groups -OCH3 is 1. The fourth-order valence-corrected chi connectivity index (χ4v) is 3.07. The Morgan fingerprint density at radius 2 is 2.11 bits per heavy atom. The van der Waals surface area contributed by atoms with Gasteiger partial charge in [0.15, 0.2) is 5.82 Å². The van der Waals surface area contributed by atoms with Gasteiger partial charge in [0.1, 0.15) is 5.75 Å². The highest BCUT2D eigenvalue weighted by atomic mass is 16.5. The van der Waals surface area contributed by atoms with Gasteiger partial charge in [-0.1, -0.05) is 11.2 Å². The highest BCUT2D eigenvalue weighted by Gasteiger charge is 2.18. The van der Waals surface area contributed by atoms with Crippen LogP contribution in [0.4, 0.5) is 5.69 Å². The summed E-state index contributed by atoms with van der Waals surface area (Å²) in [6, 6.07) is 7.48. The van der Waals surface area contributed by atoms with Crippen molar-refractivity contribution in [2.75, 3.05) is 38.7 Å². The summed E-state index contributed by atoms with van der Waals surface area (Å²) in [6.07, 6.45) is 3.80. The molecule has 7 heteroatoms. The number of hydrogen-bond acceptors (Lipinski definition) is 6. The summed E-state index contributed by atoms with van der Waals surface area (Å²) in [5, 5.41) is 4.07. The average molecular weight is 370 g/mol. The predicted octanol–water partition coefficient (Wildman–Crippen LogP) is 2.78. The summed E-state index contributed by atoms with van der Waals surface area (Å²) < 4.78 is 10.5. The van der Waals surface area contributed by atoms with Gasteiger partial charge in [-0.15, -0.1) is 0 Å².